The number of methoxy groups -OCH3 is 1. The number of anilines is 1. The lowest BCUT2D eigenvalue weighted by Crippen LogP contribution is -2.30. The molecule has 8 heteroatoms. The highest BCUT2D eigenvalue weighted by molar-refractivity contribution is 7.80. The maximum Gasteiger partial charge on any atom is 0.281 e. The van der Waals surface area contributed by atoms with Crippen molar-refractivity contribution in [3.05, 3.63) is 72.1 Å². The molecule has 1 aromatic heterocycles. The van der Waals surface area contributed by atoms with Gasteiger partial charge in [-0.2, -0.15) is 0 Å². The van der Waals surface area contributed by atoms with Crippen LogP contribution in [0.5, 0.6) is 0 Å². The second kappa shape index (κ2) is 9.76. The highest BCUT2D eigenvalue weighted by Crippen LogP contribution is 2.26. The van der Waals surface area contributed by atoms with Crippen molar-refractivity contribution in [2.75, 3.05) is 25.2 Å². The summed E-state index contributed by atoms with van der Waals surface area (Å²) in [7, 11) is 1.64. The van der Waals surface area contributed by atoms with E-state index >= 15 is 0 Å². The van der Waals surface area contributed by atoms with E-state index in [-0.39, 0.29) is 18.4 Å². The summed E-state index contributed by atoms with van der Waals surface area (Å²) in [5, 5.41) is 7.22. The summed E-state index contributed by atoms with van der Waals surface area (Å²) in [5.41, 5.74) is 2.86. The number of nitrogens with zero attached hydrogens (tertiary/aromatic N) is 2. The van der Waals surface area contributed by atoms with E-state index in [1.807, 2.05) is 65.4 Å². The summed E-state index contributed by atoms with van der Waals surface area (Å²) in [4.78, 5) is 26.9. The molecule has 0 unspecified atom stereocenters. The monoisotopic (exact) mass is 448 g/mol. The molecule has 2 amide bonds. The van der Waals surface area contributed by atoms with Crippen LogP contribution in [-0.2, 0) is 20.9 Å². The number of ether oxygens (including phenoxy) is 1. The first kappa shape index (κ1) is 21.7. The quantitative estimate of drug-likeness (QED) is 0.315. The smallest absolute Gasteiger partial charge is 0.281 e. The van der Waals surface area contributed by atoms with Gasteiger partial charge in [0.2, 0.25) is 5.91 Å². The van der Waals surface area contributed by atoms with Gasteiger partial charge in [0.15, 0.2) is 5.11 Å². The van der Waals surface area contributed by atoms with Crippen LogP contribution >= 0.6 is 12.2 Å². The third-order valence-electron chi connectivity index (χ3n) is 5.17. The SMILES string of the molecule is COCCCNC(=O)Cn1cc(/C=C2\NC(=S)N(c3ccccc3)C2=O)c2ccccc21. The first-order chi connectivity index (χ1) is 15.6. The fraction of sp³-hybridized carbons (Fsp3) is 0.208. The number of rotatable bonds is 8. The van der Waals surface area contributed by atoms with E-state index in [4.69, 9.17) is 17.0 Å². The summed E-state index contributed by atoms with van der Waals surface area (Å²) < 4.78 is 6.90. The Labute approximate surface area is 191 Å². The lowest BCUT2D eigenvalue weighted by Gasteiger charge is -2.13. The Bertz CT molecular complexity index is 1190. The van der Waals surface area contributed by atoms with Gasteiger partial charge in [0.25, 0.3) is 5.91 Å². The van der Waals surface area contributed by atoms with Crippen molar-refractivity contribution in [3.8, 4) is 0 Å². The molecule has 1 aliphatic heterocycles. The molecule has 3 aromatic rings. The van der Waals surface area contributed by atoms with Gasteiger partial charge in [-0.3, -0.25) is 14.5 Å². The number of aromatic nitrogens is 1. The van der Waals surface area contributed by atoms with E-state index in [1.165, 1.54) is 4.90 Å². The minimum Gasteiger partial charge on any atom is -0.385 e. The summed E-state index contributed by atoms with van der Waals surface area (Å²) in [6, 6.07) is 17.1. The van der Waals surface area contributed by atoms with Gasteiger partial charge in [-0.15, -0.1) is 0 Å². The number of para-hydroxylation sites is 2. The summed E-state index contributed by atoms with van der Waals surface area (Å²) in [6.07, 6.45) is 4.43. The molecule has 2 aromatic carbocycles. The molecule has 32 heavy (non-hydrogen) atoms. The second-order valence-electron chi connectivity index (χ2n) is 7.39. The first-order valence-corrected chi connectivity index (χ1v) is 10.7. The fourth-order valence-corrected chi connectivity index (χ4v) is 3.98. The van der Waals surface area contributed by atoms with Crippen molar-refractivity contribution in [1.29, 1.82) is 0 Å². The van der Waals surface area contributed by atoms with E-state index in [1.54, 1.807) is 13.2 Å². The number of carbonyl (C=O) groups is 2. The van der Waals surface area contributed by atoms with Crippen molar-refractivity contribution >= 4 is 51.8 Å². The van der Waals surface area contributed by atoms with E-state index in [0.717, 1.165) is 22.9 Å². The zero-order valence-electron chi connectivity index (χ0n) is 17.7. The number of carbonyl (C=O) groups excluding carboxylic acids is 2. The van der Waals surface area contributed by atoms with Crippen molar-refractivity contribution in [3.63, 3.8) is 0 Å². The van der Waals surface area contributed by atoms with Gasteiger partial charge in [-0.05, 0) is 42.9 Å². The fourth-order valence-electron chi connectivity index (χ4n) is 3.68. The van der Waals surface area contributed by atoms with Crippen molar-refractivity contribution in [2.24, 2.45) is 0 Å². The number of hydrogen-bond donors (Lipinski definition) is 2. The van der Waals surface area contributed by atoms with Crippen LogP contribution in [0.4, 0.5) is 5.69 Å². The molecule has 1 fully saturated rings. The maximum absolute atomic E-state index is 13.0. The van der Waals surface area contributed by atoms with Crippen LogP contribution in [0.1, 0.15) is 12.0 Å². The third-order valence-corrected chi connectivity index (χ3v) is 5.46. The Morgan fingerprint density at radius 2 is 1.91 bits per heavy atom. The Kier molecular flexibility index (Phi) is 6.63. The molecule has 1 saturated heterocycles. The Morgan fingerprint density at radius 1 is 1.16 bits per heavy atom. The number of amides is 2. The topological polar surface area (TPSA) is 75.6 Å². The molecule has 0 bridgehead atoms. The molecular weight excluding hydrogens is 424 g/mol. The van der Waals surface area contributed by atoms with Gasteiger partial charge in [0, 0.05) is 42.9 Å². The molecule has 1 aliphatic rings. The standard InChI is InChI=1S/C24H24N4O3S/c1-31-13-7-12-25-22(29)16-27-15-17(19-10-5-6-11-21(19)27)14-20-23(30)28(24(32)26-20)18-8-3-2-4-9-18/h2-6,8-11,14-15H,7,12-13,16H2,1H3,(H,25,29)(H,26,32)/b20-14-. The number of nitrogens with one attached hydrogen (secondary N) is 2. The lowest BCUT2D eigenvalue weighted by atomic mass is 10.1. The van der Waals surface area contributed by atoms with Gasteiger partial charge < -0.3 is 19.9 Å². The molecule has 0 aliphatic carbocycles. The van der Waals surface area contributed by atoms with Crippen molar-refractivity contribution in [1.82, 2.24) is 15.2 Å². The van der Waals surface area contributed by atoms with Crippen LogP contribution in [-0.4, -0.2) is 41.8 Å². The highest BCUT2D eigenvalue weighted by atomic mass is 32.1. The Balaban J connectivity index is 1.59. The molecule has 2 heterocycles. The predicted octanol–water partition coefficient (Wildman–Crippen LogP) is 3.06. The summed E-state index contributed by atoms with van der Waals surface area (Å²) in [5.74, 6) is -0.290. The second-order valence-corrected chi connectivity index (χ2v) is 7.78. The van der Waals surface area contributed by atoms with Crippen molar-refractivity contribution in [2.45, 2.75) is 13.0 Å². The molecule has 0 saturated carbocycles. The molecule has 0 spiro atoms. The van der Waals surface area contributed by atoms with Crippen LogP contribution in [0.3, 0.4) is 0 Å². The van der Waals surface area contributed by atoms with Gasteiger partial charge in [-0.1, -0.05) is 36.4 Å². The Hall–Kier alpha value is -3.49. The van der Waals surface area contributed by atoms with Crippen molar-refractivity contribution < 1.29 is 14.3 Å². The number of fused-ring (bicyclic) bond motifs is 1. The number of thiocarbonyl (C=S) groups is 1. The molecule has 0 radical (unpaired) electrons. The number of hydrogen-bond acceptors (Lipinski definition) is 4. The summed E-state index contributed by atoms with van der Waals surface area (Å²) >= 11 is 5.40. The average Bonchev–Trinajstić information content (AvgIpc) is 3.28. The summed E-state index contributed by atoms with van der Waals surface area (Å²) in [6.45, 7) is 1.36. The van der Waals surface area contributed by atoms with E-state index in [2.05, 4.69) is 10.6 Å². The molecule has 164 valence electrons. The predicted molar refractivity (Wildman–Crippen MR) is 129 cm³/mol. The third kappa shape index (κ3) is 4.56. The molecular formula is C24H24N4O3S. The Morgan fingerprint density at radius 3 is 2.69 bits per heavy atom. The van der Waals surface area contributed by atoms with Crippen LogP contribution < -0.4 is 15.5 Å². The van der Waals surface area contributed by atoms with E-state index in [9.17, 15) is 9.59 Å². The zero-order chi connectivity index (χ0) is 22.5. The van der Waals surface area contributed by atoms with Gasteiger partial charge in [0.05, 0.1) is 5.69 Å². The average molecular weight is 449 g/mol. The largest absolute Gasteiger partial charge is 0.385 e. The lowest BCUT2D eigenvalue weighted by molar-refractivity contribution is -0.121. The van der Waals surface area contributed by atoms with Crippen LogP contribution in [0.25, 0.3) is 17.0 Å². The minimum absolute atomic E-state index is 0.0763. The van der Waals surface area contributed by atoms with Crippen LogP contribution in [0, 0.1) is 0 Å². The number of benzene rings is 2. The van der Waals surface area contributed by atoms with Crippen LogP contribution in [0.2, 0.25) is 0 Å². The molecule has 4 rings (SSSR count). The minimum atomic E-state index is -0.214. The van der Waals surface area contributed by atoms with E-state index in [0.29, 0.717) is 29.6 Å². The molecule has 7 nitrogen and oxygen atoms in total. The zero-order valence-corrected chi connectivity index (χ0v) is 18.5. The highest BCUT2D eigenvalue weighted by Gasteiger charge is 2.32. The molecule has 0 atom stereocenters. The van der Waals surface area contributed by atoms with Crippen LogP contribution in [0.15, 0.2) is 66.5 Å². The first-order valence-electron chi connectivity index (χ1n) is 10.3. The van der Waals surface area contributed by atoms with Gasteiger partial charge in [0.1, 0.15) is 12.2 Å². The normalized spacial score (nSPS) is 14.9. The van der Waals surface area contributed by atoms with Gasteiger partial charge >= 0.3 is 0 Å². The van der Waals surface area contributed by atoms with Gasteiger partial charge in [-0.25, -0.2) is 0 Å². The van der Waals surface area contributed by atoms with E-state index < -0.39 is 0 Å². The molecule has 2 N–H and O–H groups in total. The maximum atomic E-state index is 13.0.